The lowest BCUT2D eigenvalue weighted by Crippen LogP contribution is -2.39. The largest absolute Gasteiger partial charge is 0.497 e. The summed E-state index contributed by atoms with van der Waals surface area (Å²) in [6.07, 6.45) is 4.88. The number of primary amides is 1. The van der Waals surface area contributed by atoms with E-state index in [1.165, 1.54) is 0 Å². The molecule has 5 heteroatoms. The van der Waals surface area contributed by atoms with Gasteiger partial charge in [0.25, 0.3) is 0 Å². The Kier molecular flexibility index (Phi) is 6.41. The molecule has 1 atom stereocenters. The summed E-state index contributed by atoms with van der Waals surface area (Å²) in [5.74, 6) is 0.928. The van der Waals surface area contributed by atoms with E-state index in [0.717, 1.165) is 42.7 Å². The first-order valence-corrected chi connectivity index (χ1v) is 8.39. The topological polar surface area (TPSA) is 72.6 Å². The van der Waals surface area contributed by atoms with Gasteiger partial charge in [0.15, 0.2) is 0 Å². The number of hydrogen-bond acceptors (Lipinski definition) is 3. The van der Waals surface area contributed by atoms with Gasteiger partial charge in [-0.3, -0.25) is 9.59 Å². The van der Waals surface area contributed by atoms with Crippen LogP contribution in [0.15, 0.2) is 30.3 Å². The van der Waals surface area contributed by atoms with Crippen molar-refractivity contribution in [1.82, 2.24) is 4.90 Å². The fourth-order valence-electron chi connectivity index (χ4n) is 3.06. The van der Waals surface area contributed by atoms with E-state index in [1.54, 1.807) is 13.2 Å². The lowest BCUT2D eigenvalue weighted by molar-refractivity contribution is -0.127. The Bertz CT molecular complexity index is 608. The molecule has 1 fully saturated rings. The maximum Gasteiger partial charge on any atom is 0.246 e. The summed E-state index contributed by atoms with van der Waals surface area (Å²) in [5, 5.41) is 0. The molecular weight excluding hydrogens is 304 g/mol. The number of carbonyl (C=O) groups is 2. The first kappa shape index (κ1) is 18.0. The maximum atomic E-state index is 12.5. The van der Waals surface area contributed by atoms with Crippen LogP contribution in [0.2, 0.25) is 0 Å². The predicted molar refractivity (Wildman–Crippen MR) is 94.4 cm³/mol. The Morgan fingerprint density at radius 1 is 1.33 bits per heavy atom. The van der Waals surface area contributed by atoms with Crippen LogP contribution in [0, 0.1) is 5.92 Å². The molecule has 130 valence electrons. The van der Waals surface area contributed by atoms with Crippen LogP contribution in [-0.4, -0.2) is 36.9 Å². The van der Waals surface area contributed by atoms with Crippen molar-refractivity contribution < 1.29 is 14.3 Å². The number of methoxy groups -OCH3 is 1. The van der Waals surface area contributed by atoms with Crippen LogP contribution in [0.1, 0.15) is 38.2 Å². The molecule has 1 unspecified atom stereocenters. The molecule has 0 spiro atoms. The van der Waals surface area contributed by atoms with E-state index in [9.17, 15) is 9.59 Å². The van der Waals surface area contributed by atoms with Gasteiger partial charge in [0.05, 0.1) is 7.11 Å². The highest BCUT2D eigenvalue weighted by molar-refractivity contribution is 5.95. The first-order chi connectivity index (χ1) is 11.5. The minimum Gasteiger partial charge on any atom is -0.497 e. The van der Waals surface area contributed by atoms with Crippen LogP contribution in [0.3, 0.4) is 0 Å². The van der Waals surface area contributed by atoms with Crippen molar-refractivity contribution in [1.29, 1.82) is 0 Å². The molecule has 1 aromatic carbocycles. The van der Waals surface area contributed by atoms with E-state index in [1.807, 2.05) is 36.1 Å². The Morgan fingerprint density at radius 3 is 2.67 bits per heavy atom. The van der Waals surface area contributed by atoms with Gasteiger partial charge in [-0.15, -0.1) is 0 Å². The number of carbonyl (C=O) groups excluding carboxylic acids is 2. The predicted octanol–water partition coefficient (Wildman–Crippen LogP) is 2.60. The minimum atomic E-state index is -0.270. The van der Waals surface area contributed by atoms with E-state index in [-0.39, 0.29) is 11.8 Å². The number of likely N-dealkylation sites (tertiary alicyclic amines) is 1. The van der Waals surface area contributed by atoms with E-state index in [2.05, 4.69) is 0 Å². The molecule has 1 aliphatic rings. The van der Waals surface area contributed by atoms with Gasteiger partial charge in [-0.25, -0.2) is 0 Å². The van der Waals surface area contributed by atoms with Crippen LogP contribution < -0.4 is 10.5 Å². The van der Waals surface area contributed by atoms with Gasteiger partial charge in [0, 0.05) is 25.6 Å². The number of benzene rings is 1. The van der Waals surface area contributed by atoms with Gasteiger partial charge < -0.3 is 15.4 Å². The molecule has 2 amide bonds. The second-order valence-electron chi connectivity index (χ2n) is 6.35. The van der Waals surface area contributed by atoms with Crippen LogP contribution in [-0.2, 0) is 9.59 Å². The van der Waals surface area contributed by atoms with Gasteiger partial charge in [-0.2, -0.15) is 0 Å². The zero-order chi connectivity index (χ0) is 17.5. The summed E-state index contributed by atoms with van der Waals surface area (Å²) >= 11 is 0. The molecule has 1 aliphatic heterocycles. The highest BCUT2D eigenvalue weighted by Crippen LogP contribution is 2.23. The third kappa shape index (κ3) is 5.11. The van der Waals surface area contributed by atoms with Gasteiger partial charge in [-0.1, -0.05) is 12.1 Å². The van der Waals surface area contributed by atoms with Crippen LogP contribution >= 0.6 is 0 Å². The average molecular weight is 330 g/mol. The molecule has 0 saturated carbocycles. The summed E-state index contributed by atoms with van der Waals surface area (Å²) in [4.78, 5) is 25.3. The van der Waals surface area contributed by atoms with Crippen molar-refractivity contribution in [2.24, 2.45) is 11.7 Å². The molecule has 1 saturated heterocycles. The highest BCUT2D eigenvalue weighted by atomic mass is 16.5. The van der Waals surface area contributed by atoms with Crippen LogP contribution in [0.25, 0.3) is 5.57 Å². The average Bonchev–Trinajstić information content (AvgIpc) is 2.60. The highest BCUT2D eigenvalue weighted by Gasteiger charge is 2.22. The molecule has 24 heavy (non-hydrogen) atoms. The quantitative estimate of drug-likeness (QED) is 0.815. The number of rotatable bonds is 6. The molecule has 5 nitrogen and oxygen atoms in total. The van der Waals surface area contributed by atoms with Crippen molar-refractivity contribution >= 4 is 17.4 Å². The fourth-order valence-corrected chi connectivity index (χ4v) is 3.06. The number of ether oxygens (including phenoxy) is 1. The number of amides is 2. The first-order valence-electron chi connectivity index (χ1n) is 8.39. The Balaban J connectivity index is 1.97. The monoisotopic (exact) mass is 330 g/mol. The molecule has 0 aromatic heterocycles. The van der Waals surface area contributed by atoms with Crippen molar-refractivity contribution in [3.8, 4) is 5.75 Å². The van der Waals surface area contributed by atoms with E-state index in [0.29, 0.717) is 18.9 Å². The molecular formula is C19H26N2O3. The summed E-state index contributed by atoms with van der Waals surface area (Å²) in [6, 6.07) is 7.67. The zero-order valence-electron chi connectivity index (χ0n) is 14.5. The molecule has 1 aromatic rings. The number of nitrogens with zero attached hydrogens (tertiary/aromatic N) is 1. The summed E-state index contributed by atoms with van der Waals surface area (Å²) in [6.45, 7) is 3.42. The van der Waals surface area contributed by atoms with E-state index < -0.39 is 0 Å². The second kappa shape index (κ2) is 8.52. The Labute approximate surface area is 143 Å². The molecule has 2 N–H and O–H groups in total. The van der Waals surface area contributed by atoms with Gasteiger partial charge in [0.2, 0.25) is 11.8 Å². The minimum absolute atomic E-state index is 0.0343. The van der Waals surface area contributed by atoms with Gasteiger partial charge >= 0.3 is 0 Å². The number of nitrogens with two attached hydrogens (primary N) is 1. The van der Waals surface area contributed by atoms with Crippen molar-refractivity contribution in [2.75, 3.05) is 20.2 Å². The molecule has 2 rings (SSSR count). The number of allylic oxidation sites excluding steroid dienone is 1. The summed E-state index contributed by atoms with van der Waals surface area (Å²) in [7, 11) is 1.63. The fraction of sp³-hybridized carbons (Fsp3) is 0.474. The Hall–Kier alpha value is -2.30. The molecule has 0 aliphatic carbocycles. The Morgan fingerprint density at radius 2 is 2.04 bits per heavy atom. The molecule has 1 heterocycles. The summed E-state index contributed by atoms with van der Waals surface area (Å²) in [5.41, 5.74) is 7.16. The van der Waals surface area contributed by atoms with Gasteiger partial charge in [0.1, 0.15) is 5.75 Å². The zero-order valence-corrected chi connectivity index (χ0v) is 14.5. The second-order valence-corrected chi connectivity index (χ2v) is 6.35. The molecule has 0 bridgehead atoms. The lowest BCUT2D eigenvalue weighted by atomic mass is 9.93. The number of hydrogen-bond donors (Lipinski definition) is 1. The standard InChI is InChI=1S/C19H26N2O3/c1-14(16-6-8-17(24-2)9-7-16)12-19(23)21-11-3-4-15(13-21)5-10-18(20)22/h6-9,12,15H,3-5,10-11,13H2,1-2H3,(H2,20,22)/b14-12+. The van der Waals surface area contributed by atoms with Crippen LogP contribution in [0.5, 0.6) is 5.75 Å². The third-order valence-electron chi connectivity index (χ3n) is 4.51. The van der Waals surface area contributed by atoms with Crippen molar-refractivity contribution in [2.45, 2.75) is 32.6 Å². The smallest absolute Gasteiger partial charge is 0.246 e. The van der Waals surface area contributed by atoms with Crippen molar-refractivity contribution in [3.63, 3.8) is 0 Å². The van der Waals surface area contributed by atoms with Crippen molar-refractivity contribution in [3.05, 3.63) is 35.9 Å². The summed E-state index contributed by atoms with van der Waals surface area (Å²) < 4.78 is 5.15. The normalized spacial score (nSPS) is 18.3. The lowest BCUT2D eigenvalue weighted by Gasteiger charge is -2.32. The van der Waals surface area contributed by atoms with Crippen LogP contribution in [0.4, 0.5) is 0 Å². The third-order valence-corrected chi connectivity index (χ3v) is 4.51. The molecule has 0 radical (unpaired) electrons. The SMILES string of the molecule is COc1ccc(/C(C)=C/C(=O)N2CCCC(CCC(N)=O)C2)cc1. The van der Waals surface area contributed by atoms with E-state index in [4.69, 9.17) is 10.5 Å². The van der Waals surface area contributed by atoms with E-state index >= 15 is 0 Å². The number of piperidine rings is 1. The van der Waals surface area contributed by atoms with Gasteiger partial charge in [-0.05, 0) is 55.4 Å². The maximum absolute atomic E-state index is 12.5.